The standard InChI is InChI=1S/C27H19Cl2FN2O4S/c1-3-35-26(34)23-14(2)31-27-32(24(23)15-4-7-17(30)8-5-15)25(33)22(37-27)13-18-9-11-21(36-18)19-10-6-16(28)12-20(19)29/h4-13,24H,3H2,1-2H3/b22-13-/t24-/m1/s1. The molecule has 2 aromatic carbocycles. The Hall–Kier alpha value is -3.46. The van der Waals surface area contributed by atoms with Gasteiger partial charge in [0.15, 0.2) is 4.80 Å². The smallest absolute Gasteiger partial charge is 0.338 e. The minimum Gasteiger partial charge on any atom is -0.463 e. The number of halogens is 3. The molecule has 6 nitrogen and oxygen atoms in total. The van der Waals surface area contributed by atoms with Gasteiger partial charge >= 0.3 is 5.97 Å². The molecule has 0 bridgehead atoms. The highest BCUT2D eigenvalue weighted by atomic mass is 35.5. The van der Waals surface area contributed by atoms with Gasteiger partial charge in [-0.15, -0.1) is 0 Å². The molecule has 5 rings (SSSR count). The van der Waals surface area contributed by atoms with Crippen molar-refractivity contribution < 1.29 is 18.3 Å². The number of esters is 1. The van der Waals surface area contributed by atoms with Gasteiger partial charge in [0, 0.05) is 16.7 Å². The molecule has 0 N–H and O–H groups in total. The van der Waals surface area contributed by atoms with Gasteiger partial charge in [-0.05, 0) is 61.9 Å². The Bertz CT molecular complexity index is 1730. The average Bonchev–Trinajstić information content (AvgIpc) is 3.43. The molecule has 4 aromatic rings. The fourth-order valence-electron chi connectivity index (χ4n) is 4.15. The zero-order valence-corrected chi connectivity index (χ0v) is 22.0. The molecule has 0 saturated carbocycles. The first-order valence-electron chi connectivity index (χ1n) is 11.3. The van der Waals surface area contributed by atoms with Crippen LogP contribution in [0.25, 0.3) is 17.4 Å². The average molecular weight is 557 g/mol. The van der Waals surface area contributed by atoms with Crippen LogP contribution in [0.5, 0.6) is 0 Å². The van der Waals surface area contributed by atoms with Crippen LogP contribution in [-0.4, -0.2) is 17.1 Å². The van der Waals surface area contributed by atoms with Crippen LogP contribution in [0.15, 0.2) is 80.1 Å². The molecule has 10 heteroatoms. The van der Waals surface area contributed by atoms with Crippen molar-refractivity contribution in [3.8, 4) is 11.3 Å². The van der Waals surface area contributed by atoms with Gasteiger partial charge in [0.05, 0.1) is 33.5 Å². The van der Waals surface area contributed by atoms with E-state index in [0.717, 1.165) is 11.3 Å². The van der Waals surface area contributed by atoms with Crippen molar-refractivity contribution in [2.24, 2.45) is 4.99 Å². The Morgan fingerprint density at radius 1 is 1.19 bits per heavy atom. The van der Waals surface area contributed by atoms with E-state index in [-0.39, 0.29) is 17.7 Å². The number of nitrogens with zero attached hydrogens (tertiary/aromatic N) is 2. The van der Waals surface area contributed by atoms with Crippen LogP contribution in [0.4, 0.5) is 4.39 Å². The molecular weight excluding hydrogens is 538 g/mol. The molecule has 0 saturated heterocycles. The summed E-state index contributed by atoms with van der Waals surface area (Å²) in [5.74, 6) is -0.0527. The zero-order valence-electron chi connectivity index (χ0n) is 19.6. The Kier molecular flexibility index (Phi) is 6.90. The van der Waals surface area contributed by atoms with Crippen LogP contribution in [0.1, 0.15) is 31.2 Å². The molecule has 0 radical (unpaired) electrons. The minimum absolute atomic E-state index is 0.161. The van der Waals surface area contributed by atoms with Gasteiger partial charge in [-0.3, -0.25) is 9.36 Å². The highest BCUT2D eigenvalue weighted by Gasteiger charge is 2.33. The molecule has 1 aliphatic rings. The summed E-state index contributed by atoms with van der Waals surface area (Å²) in [4.78, 5) is 31.5. The molecule has 0 amide bonds. The molecule has 2 aromatic heterocycles. The van der Waals surface area contributed by atoms with Crippen LogP contribution in [0.2, 0.25) is 10.0 Å². The van der Waals surface area contributed by atoms with Gasteiger partial charge in [-0.25, -0.2) is 14.2 Å². The van der Waals surface area contributed by atoms with Crippen molar-refractivity contribution >= 4 is 46.6 Å². The quantitative estimate of drug-likeness (QED) is 0.304. The van der Waals surface area contributed by atoms with E-state index in [1.807, 2.05) is 0 Å². The molecule has 0 unspecified atom stereocenters. The summed E-state index contributed by atoms with van der Waals surface area (Å²) >= 11 is 13.5. The number of furan rings is 1. The normalized spacial score (nSPS) is 15.5. The van der Waals surface area contributed by atoms with Crippen LogP contribution in [-0.2, 0) is 9.53 Å². The maximum absolute atomic E-state index is 13.7. The van der Waals surface area contributed by atoms with Crippen molar-refractivity contribution in [1.29, 1.82) is 0 Å². The monoisotopic (exact) mass is 556 g/mol. The topological polar surface area (TPSA) is 73.8 Å². The van der Waals surface area contributed by atoms with Gasteiger partial charge < -0.3 is 9.15 Å². The van der Waals surface area contributed by atoms with Crippen LogP contribution in [0.3, 0.4) is 0 Å². The predicted octanol–water partition coefficient (Wildman–Crippen LogP) is 5.50. The van der Waals surface area contributed by atoms with Gasteiger partial charge in [0.25, 0.3) is 5.56 Å². The number of hydrogen-bond acceptors (Lipinski definition) is 6. The first kappa shape index (κ1) is 25.2. The molecule has 1 aliphatic heterocycles. The summed E-state index contributed by atoms with van der Waals surface area (Å²) in [6.07, 6.45) is 1.61. The summed E-state index contributed by atoms with van der Waals surface area (Å²) in [5.41, 5.74) is 1.51. The summed E-state index contributed by atoms with van der Waals surface area (Å²) in [5, 5.41) is 0.948. The van der Waals surface area contributed by atoms with E-state index in [1.165, 1.54) is 16.7 Å². The number of rotatable bonds is 5. The van der Waals surface area contributed by atoms with E-state index in [2.05, 4.69) is 4.99 Å². The van der Waals surface area contributed by atoms with Gasteiger partial charge in [-0.1, -0.05) is 46.7 Å². The van der Waals surface area contributed by atoms with Crippen molar-refractivity contribution in [3.63, 3.8) is 0 Å². The van der Waals surface area contributed by atoms with Crippen molar-refractivity contribution in [3.05, 3.63) is 113 Å². The second kappa shape index (κ2) is 10.1. The van der Waals surface area contributed by atoms with Crippen LogP contribution >= 0.6 is 34.5 Å². The van der Waals surface area contributed by atoms with Gasteiger partial charge in [0.1, 0.15) is 17.3 Å². The molecule has 188 valence electrons. The lowest BCUT2D eigenvalue weighted by Gasteiger charge is -2.24. The summed E-state index contributed by atoms with van der Waals surface area (Å²) < 4.78 is 26.7. The van der Waals surface area contributed by atoms with Crippen LogP contribution < -0.4 is 14.9 Å². The molecule has 0 aliphatic carbocycles. The number of allylic oxidation sites excluding steroid dienone is 1. The first-order valence-corrected chi connectivity index (χ1v) is 12.8. The molecule has 1 atom stereocenters. The third-order valence-electron chi connectivity index (χ3n) is 5.80. The molecule has 37 heavy (non-hydrogen) atoms. The highest BCUT2D eigenvalue weighted by Crippen LogP contribution is 2.32. The highest BCUT2D eigenvalue weighted by molar-refractivity contribution is 7.07. The lowest BCUT2D eigenvalue weighted by atomic mass is 9.96. The van der Waals surface area contributed by atoms with Crippen LogP contribution in [0, 0.1) is 5.82 Å². The molecule has 0 spiro atoms. The second-order valence-electron chi connectivity index (χ2n) is 8.18. The van der Waals surface area contributed by atoms with Crippen molar-refractivity contribution in [2.75, 3.05) is 6.61 Å². The number of aromatic nitrogens is 1. The number of carbonyl (C=O) groups excluding carboxylic acids is 1. The van der Waals surface area contributed by atoms with Crippen molar-refractivity contribution in [1.82, 2.24) is 4.57 Å². The molecular formula is C27H19Cl2FN2O4S. The van der Waals surface area contributed by atoms with E-state index in [4.69, 9.17) is 32.4 Å². The van der Waals surface area contributed by atoms with E-state index in [9.17, 15) is 14.0 Å². The number of benzene rings is 2. The third kappa shape index (κ3) is 4.80. The number of thiazole rings is 1. The maximum atomic E-state index is 13.7. The van der Waals surface area contributed by atoms with E-state index in [0.29, 0.717) is 47.7 Å². The number of fused-ring (bicyclic) bond motifs is 1. The summed E-state index contributed by atoms with van der Waals surface area (Å²) in [6.45, 7) is 3.55. The van der Waals surface area contributed by atoms with Gasteiger partial charge in [0.2, 0.25) is 0 Å². The number of ether oxygens (including phenoxy) is 1. The lowest BCUT2D eigenvalue weighted by molar-refractivity contribution is -0.139. The first-order chi connectivity index (χ1) is 17.8. The maximum Gasteiger partial charge on any atom is 0.338 e. The molecule has 0 fully saturated rings. The third-order valence-corrected chi connectivity index (χ3v) is 7.33. The zero-order chi connectivity index (χ0) is 26.3. The van der Waals surface area contributed by atoms with E-state index in [1.54, 1.807) is 62.4 Å². The Balaban J connectivity index is 1.63. The Morgan fingerprint density at radius 2 is 1.95 bits per heavy atom. The fourth-order valence-corrected chi connectivity index (χ4v) is 5.67. The van der Waals surface area contributed by atoms with Gasteiger partial charge in [-0.2, -0.15) is 0 Å². The second-order valence-corrected chi connectivity index (χ2v) is 10.0. The lowest BCUT2D eigenvalue weighted by Crippen LogP contribution is -2.39. The minimum atomic E-state index is -0.821. The Morgan fingerprint density at radius 3 is 2.65 bits per heavy atom. The van der Waals surface area contributed by atoms with E-state index >= 15 is 0 Å². The summed E-state index contributed by atoms with van der Waals surface area (Å²) in [7, 11) is 0. The van der Waals surface area contributed by atoms with E-state index < -0.39 is 17.8 Å². The van der Waals surface area contributed by atoms with Crippen molar-refractivity contribution in [2.45, 2.75) is 19.9 Å². The molecule has 3 heterocycles. The number of carbonyl (C=O) groups is 1. The SMILES string of the molecule is CCOC(=O)C1=C(C)N=c2s/c(=C\c3ccc(-c4ccc(Cl)cc4Cl)o3)c(=O)n2[C@@H]1c1ccc(F)cc1. The largest absolute Gasteiger partial charge is 0.463 e. The number of hydrogen-bond donors (Lipinski definition) is 0. The summed E-state index contributed by atoms with van der Waals surface area (Å²) in [6, 6.07) is 13.4. The predicted molar refractivity (Wildman–Crippen MR) is 141 cm³/mol. The fraction of sp³-hybridized carbons (Fsp3) is 0.148. The Labute approximate surface area is 224 Å².